The van der Waals surface area contributed by atoms with Crippen molar-refractivity contribution < 1.29 is 22.1 Å². The molecule has 0 unspecified atom stereocenters. The summed E-state index contributed by atoms with van der Waals surface area (Å²) >= 11 is 0. The molecule has 3 aromatic heterocycles. The molecular weight excluding hydrogens is 480 g/mol. The van der Waals surface area contributed by atoms with Crippen LogP contribution in [0.4, 0.5) is 4.39 Å². The van der Waals surface area contributed by atoms with Crippen molar-refractivity contribution >= 4 is 33.6 Å². The summed E-state index contributed by atoms with van der Waals surface area (Å²) in [4.78, 5) is 8.32. The smallest absolute Gasteiger partial charge is 0.399 e. The van der Waals surface area contributed by atoms with E-state index >= 15 is 0 Å². The van der Waals surface area contributed by atoms with Gasteiger partial charge in [-0.25, -0.2) is 22.4 Å². The Morgan fingerprint density at radius 3 is 2.11 bits per heavy atom. The minimum atomic E-state index is -4.01. The second-order valence-corrected chi connectivity index (χ2v) is 11.0. The van der Waals surface area contributed by atoms with Crippen LogP contribution >= 0.6 is 0 Å². The average Bonchev–Trinajstić information content (AvgIpc) is 3.35. The lowest BCUT2D eigenvalue weighted by atomic mass is 9.80. The molecule has 5 rings (SSSR count). The molecule has 4 heterocycles. The van der Waals surface area contributed by atoms with Crippen LogP contribution in [0.3, 0.4) is 0 Å². The summed E-state index contributed by atoms with van der Waals surface area (Å²) in [6.45, 7) is 11.8. The Balaban J connectivity index is 0.00000148. The van der Waals surface area contributed by atoms with Gasteiger partial charge < -0.3 is 9.31 Å². The first kappa shape index (κ1) is 26.0. The number of fused-ring (bicyclic) bond motifs is 1. The van der Waals surface area contributed by atoms with Crippen LogP contribution in [0.15, 0.2) is 71.9 Å². The standard InChI is InChI=1S/C24H23BFN3O4S.C2H6/c1-23(2)24(3,4)33-25(32-23)18-12-17-13-20(16-10-11-21(26)27-14-16)29(22(17)28-15-18)34(30,31)19-8-6-5-7-9-19;1-2/h5-15H,1-4H3;1-2H3. The van der Waals surface area contributed by atoms with Crippen molar-refractivity contribution in [2.75, 3.05) is 0 Å². The summed E-state index contributed by atoms with van der Waals surface area (Å²) < 4.78 is 54.2. The van der Waals surface area contributed by atoms with Gasteiger partial charge in [0.15, 0.2) is 5.65 Å². The quantitative estimate of drug-likeness (QED) is 0.290. The average molecular weight is 509 g/mol. The van der Waals surface area contributed by atoms with Crippen molar-refractivity contribution in [3.63, 3.8) is 0 Å². The number of aromatic nitrogens is 3. The summed E-state index contributed by atoms with van der Waals surface area (Å²) in [6, 6.07) is 14.3. The highest BCUT2D eigenvalue weighted by Gasteiger charge is 2.51. The fourth-order valence-corrected chi connectivity index (χ4v) is 5.37. The van der Waals surface area contributed by atoms with Crippen molar-refractivity contribution in [3.8, 4) is 11.3 Å². The van der Waals surface area contributed by atoms with Crippen LogP contribution in [0.25, 0.3) is 22.3 Å². The second kappa shape index (κ2) is 9.42. The number of rotatable bonds is 4. The number of benzene rings is 1. The molecule has 0 atom stereocenters. The van der Waals surface area contributed by atoms with Gasteiger partial charge in [-0.1, -0.05) is 32.0 Å². The predicted molar refractivity (Wildman–Crippen MR) is 139 cm³/mol. The van der Waals surface area contributed by atoms with Gasteiger partial charge in [0, 0.05) is 28.8 Å². The van der Waals surface area contributed by atoms with E-state index in [9.17, 15) is 12.8 Å². The first-order valence-corrected chi connectivity index (χ1v) is 13.2. The molecule has 1 fully saturated rings. The maximum absolute atomic E-state index is 13.7. The summed E-state index contributed by atoms with van der Waals surface area (Å²) in [5.41, 5.74) is 0.619. The van der Waals surface area contributed by atoms with Gasteiger partial charge in [0.25, 0.3) is 10.0 Å². The second-order valence-electron chi connectivity index (χ2n) is 9.25. The molecular formula is C26H29BFN3O4S. The highest BCUT2D eigenvalue weighted by atomic mass is 32.2. The van der Waals surface area contributed by atoms with Gasteiger partial charge in [0.2, 0.25) is 5.95 Å². The maximum atomic E-state index is 13.7. The normalized spacial score (nSPS) is 16.6. The van der Waals surface area contributed by atoms with E-state index in [1.54, 1.807) is 30.5 Å². The largest absolute Gasteiger partial charge is 0.496 e. The van der Waals surface area contributed by atoms with Crippen molar-refractivity contribution in [2.45, 2.75) is 57.6 Å². The fourth-order valence-electron chi connectivity index (χ4n) is 3.86. The van der Waals surface area contributed by atoms with Gasteiger partial charge in [0.05, 0.1) is 21.8 Å². The Kier molecular flexibility index (Phi) is 6.81. The highest BCUT2D eigenvalue weighted by Crippen LogP contribution is 2.37. The molecule has 7 nitrogen and oxygen atoms in total. The Hall–Kier alpha value is -3.08. The molecule has 0 radical (unpaired) electrons. The van der Waals surface area contributed by atoms with Gasteiger partial charge in [-0.05, 0) is 64.1 Å². The monoisotopic (exact) mass is 509 g/mol. The third-order valence-electron chi connectivity index (χ3n) is 6.45. The number of pyridine rings is 2. The van der Waals surface area contributed by atoms with E-state index < -0.39 is 34.3 Å². The molecule has 0 saturated carbocycles. The Morgan fingerprint density at radius 1 is 0.889 bits per heavy atom. The van der Waals surface area contributed by atoms with Crippen LogP contribution in [0.1, 0.15) is 41.5 Å². The molecule has 0 N–H and O–H groups in total. The Bertz CT molecular complexity index is 1470. The zero-order valence-corrected chi connectivity index (χ0v) is 22.0. The lowest BCUT2D eigenvalue weighted by molar-refractivity contribution is 0.00578. The van der Waals surface area contributed by atoms with Gasteiger partial charge in [-0.3, -0.25) is 0 Å². The molecule has 1 aliphatic rings. The van der Waals surface area contributed by atoms with Crippen molar-refractivity contribution in [2.24, 2.45) is 0 Å². The summed E-state index contributed by atoms with van der Waals surface area (Å²) in [5.74, 6) is -0.654. The number of halogens is 1. The first-order chi connectivity index (χ1) is 17.0. The van der Waals surface area contributed by atoms with Crippen molar-refractivity contribution in [1.29, 1.82) is 0 Å². The summed E-state index contributed by atoms with van der Waals surface area (Å²) in [7, 11) is -4.66. The number of hydrogen-bond acceptors (Lipinski definition) is 6. The molecule has 36 heavy (non-hydrogen) atoms. The summed E-state index contributed by atoms with van der Waals surface area (Å²) in [6.07, 6.45) is 2.86. The lowest BCUT2D eigenvalue weighted by Crippen LogP contribution is -2.41. The lowest BCUT2D eigenvalue weighted by Gasteiger charge is -2.32. The molecule has 10 heteroatoms. The SMILES string of the molecule is CC.CC1(C)OB(c2cnc3c(c2)cc(-c2ccc(F)nc2)n3S(=O)(=O)c2ccccc2)OC1(C)C. The third-order valence-corrected chi connectivity index (χ3v) is 8.17. The van der Waals surface area contributed by atoms with E-state index in [1.165, 1.54) is 34.4 Å². The van der Waals surface area contributed by atoms with Crippen molar-refractivity contribution in [3.05, 3.63) is 72.9 Å². The van der Waals surface area contributed by atoms with E-state index in [0.29, 0.717) is 22.1 Å². The molecule has 188 valence electrons. The van der Waals surface area contributed by atoms with Crippen LogP contribution < -0.4 is 5.46 Å². The predicted octanol–water partition coefficient (Wildman–Crippen LogP) is 4.80. The van der Waals surface area contributed by atoms with Crippen LogP contribution in [0.2, 0.25) is 0 Å². The van der Waals surface area contributed by atoms with Crippen LogP contribution in [-0.4, -0.2) is 40.7 Å². The molecule has 0 aliphatic carbocycles. The van der Waals surface area contributed by atoms with E-state index in [2.05, 4.69) is 9.97 Å². The Morgan fingerprint density at radius 2 is 1.53 bits per heavy atom. The topological polar surface area (TPSA) is 83.3 Å². The molecule has 0 amide bonds. The molecule has 0 bridgehead atoms. The maximum Gasteiger partial charge on any atom is 0.496 e. The van der Waals surface area contributed by atoms with Crippen LogP contribution in [0, 0.1) is 5.95 Å². The van der Waals surface area contributed by atoms with Gasteiger partial charge in [-0.2, -0.15) is 4.39 Å². The molecule has 1 aromatic carbocycles. The summed E-state index contributed by atoms with van der Waals surface area (Å²) in [5, 5.41) is 0.575. The third kappa shape index (κ3) is 4.45. The zero-order valence-electron chi connectivity index (χ0n) is 21.2. The highest BCUT2D eigenvalue weighted by molar-refractivity contribution is 7.90. The number of hydrogen-bond donors (Lipinski definition) is 0. The van der Waals surface area contributed by atoms with Crippen LogP contribution in [0.5, 0.6) is 0 Å². The fraction of sp³-hybridized carbons (Fsp3) is 0.308. The van der Waals surface area contributed by atoms with E-state index in [1.807, 2.05) is 47.6 Å². The van der Waals surface area contributed by atoms with Gasteiger partial charge in [-0.15, -0.1) is 0 Å². The molecule has 0 spiro atoms. The molecule has 1 saturated heterocycles. The van der Waals surface area contributed by atoms with Crippen molar-refractivity contribution in [1.82, 2.24) is 13.9 Å². The zero-order chi connectivity index (χ0) is 26.3. The van der Waals surface area contributed by atoms with E-state index in [-0.39, 0.29) is 10.5 Å². The van der Waals surface area contributed by atoms with E-state index in [0.717, 1.165) is 0 Å². The van der Waals surface area contributed by atoms with E-state index in [4.69, 9.17) is 9.31 Å². The Labute approximate surface area is 211 Å². The minimum Gasteiger partial charge on any atom is -0.399 e. The van der Waals surface area contributed by atoms with Gasteiger partial charge >= 0.3 is 7.12 Å². The minimum absolute atomic E-state index is 0.112. The van der Waals surface area contributed by atoms with Gasteiger partial charge in [0.1, 0.15) is 0 Å². The first-order valence-electron chi connectivity index (χ1n) is 11.8. The number of nitrogens with zero attached hydrogens (tertiary/aromatic N) is 3. The van der Waals surface area contributed by atoms with Crippen LogP contribution in [-0.2, 0) is 19.3 Å². The molecule has 1 aliphatic heterocycles. The molecule has 4 aromatic rings.